The van der Waals surface area contributed by atoms with Crippen LogP contribution >= 0.6 is 49.5 Å². The molecular weight excluding hydrogens is 1430 g/mol. The second kappa shape index (κ2) is 69.6. The predicted octanol–water partition coefficient (Wildman–Crippen LogP) is 5.10. The molecule has 610 valence electrons. The van der Waals surface area contributed by atoms with Gasteiger partial charge in [0.15, 0.2) is 0 Å². The summed E-state index contributed by atoms with van der Waals surface area (Å²) >= 11 is 0. The monoisotopic (exact) mass is 1580 g/mol. The maximum absolute atomic E-state index is 11.5. The van der Waals surface area contributed by atoms with E-state index in [2.05, 4.69) is 126 Å². The molecule has 0 aliphatic carbocycles. The zero-order valence-corrected chi connectivity index (χ0v) is 71.4. The number of aromatic nitrogens is 6. The summed E-state index contributed by atoms with van der Waals surface area (Å²) in [6, 6.07) is 0. The number of aliphatic carboxylic acids is 2. The number of rotatable bonds is 9. The molecule has 104 heavy (non-hydrogen) atoms. The summed E-state index contributed by atoms with van der Waals surface area (Å²) in [6.07, 6.45) is 15.2. The Bertz CT molecular complexity index is 2590. The van der Waals surface area contributed by atoms with Gasteiger partial charge in [-0.1, -0.05) is 42.7 Å². The van der Waals surface area contributed by atoms with Crippen LogP contribution in [0.2, 0.25) is 20.5 Å². The van der Waals surface area contributed by atoms with Crippen LogP contribution in [-0.4, -0.2) is 261 Å². The molecule has 7 saturated heterocycles. The number of hydrogen-bond acceptors (Lipinski definition) is 25. The van der Waals surface area contributed by atoms with E-state index in [0.717, 1.165) is 180 Å². The highest BCUT2D eigenvalue weighted by Crippen LogP contribution is 2.27. The average Bonchev–Trinajstić information content (AvgIpc) is 1.72. The number of aryl methyl sites for hydroxylation is 3. The van der Waals surface area contributed by atoms with E-state index in [1.54, 1.807) is 7.05 Å². The Morgan fingerprint density at radius 2 is 0.827 bits per heavy atom. The van der Waals surface area contributed by atoms with E-state index in [9.17, 15) is 24.0 Å². The first-order valence-corrected chi connectivity index (χ1v) is 34.2. The number of carboxylic acid groups (broad SMARTS) is 2. The largest absolute Gasteiger partial charge is 0.481 e. The molecule has 31 nitrogen and oxygen atoms in total. The van der Waals surface area contributed by atoms with Gasteiger partial charge in [-0.05, 0) is 191 Å². The molecule has 7 fully saturated rings. The van der Waals surface area contributed by atoms with Gasteiger partial charge in [-0.3, -0.25) is 56.3 Å². The minimum Gasteiger partial charge on any atom is -0.481 e. The van der Waals surface area contributed by atoms with E-state index in [0.29, 0.717) is 35.4 Å². The molecule has 7 aliphatic rings. The molecule has 0 saturated carbocycles. The smallest absolute Gasteiger partial charge is 0.307 e. The number of carbonyl (C=O) groups excluding carboxylic acids is 4. The summed E-state index contributed by atoms with van der Waals surface area (Å²) in [5, 5.41) is 45.9. The van der Waals surface area contributed by atoms with Crippen molar-refractivity contribution in [1.29, 1.82) is 0 Å². The van der Waals surface area contributed by atoms with Crippen molar-refractivity contribution < 1.29 is 52.2 Å². The molecule has 2 radical (unpaired) electrons. The van der Waals surface area contributed by atoms with Crippen molar-refractivity contribution in [3.8, 4) is 0 Å². The van der Waals surface area contributed by atoms with Crippen molar-refractivity contribution in [2.24, 2.45) is 35.4 Å². The number of likely N-dealkylation sites (tertiary alicyclic amines) is 5. The molecule has 0 aromatic carbocycles. The zero-order valence-electron chi connectivity index (χ0n) is 64.3. The number of likely N-dealkylation sites (N-methyl/N-ethyl adjacent to an activating group) is 1. The first-order chi connectivity index (χ1) is 45.7. The number of nitrogens with two attached hydrogens (primary N) is 2. The van der Waals surface area contributed by atoms with Crippen LogP contribution in [0.25, 0.3) is 0 Å². The summed E-state index contributed by atoms with van der Waals surface area (Å²) in [5.41, 5.74) is 9.15. The summed E-state index contributed by atoms with van der Waals surface area (Å²) in [7, 11) is 16.0. The molecule has 12 unspecified atom stereocenters. The van der Waals surface area contributed by atoms with E-state index < -0.39 is 11.9 Å². The van der Waals surface area contributed by atoms with Crippen molar-refractivity contribution in [2.75, 3.05) is 140 Å². The van der Waals surface area contributed by atoms with Crippen LogP contribution in [-0.2, 0) is 28.8 Å². The summed E-state index contributed by atoms with van der Waals surface area (Å²) < 4.78 is 16.2. The van der Waals surface area contributed by atoms with E-state index in [4.69, 9.17) is 34.1 Å². The maximum atomic E-state index is 11.5. The van der Waals surface area contributed by atoms with Gasteiger partial charge in [-0.2, -0.15) is 49.5 Å². The average molecular weight is 1580 g/mol. The molecule has 0 spiro atoms. The highest BCUT2D eigenvalue weighted by atomic mass is 31.0. The first kappa shape index (κ1) is 116. The standard InChI is InChI=1S/C9H15BN3O.C9H17N3O2.C9H15N3O.C9H18N2O.C8H13N3O.C7H15N3O.C7H13NO2.C2H6B.C2H4O2.CH6N2.3CH4.5H3P/c1-7-11-12-9(14-7)8-4-3-5-13(6-8)10-2;1-7(13)10-11-9(14)8-4-3-5-12(2)6-8;1-7-10-11-9(13-7)8-4-3-5-12(2)6-8;1-3-10-9(12)8-5-4-6-11(2)7-8;1-6-10-11-8(12-6)7-3-2-4-9-5-7;1-10-4-2-3-6(5-10)7(11)9-8;1-8-4-2-3-6(5-8)7(9)10;1-3-2;1-2(3)4;1-3-2;;;;;;;;/h8H,3-6H2,1-2H3;8H,3-6H2,1-2H3,(H,10,13)(H,11,14);8H,3-6H2,1-2H3;8H,3-7H2,1-2H3,(H,10,12);7,9H,2-5H2,1H3;6H,2-5,8H2,1H3,(H,9,11);6H,2-5H2,1H3,(H,9,10);1-2H3;1H3,(H,3,4);3H,2H2,1H3;3*1H4;5*1H3. The van der Waals surface area contributed by atoms with Crippen LogP contribution in [0.1, 0.15) is 186 Å². The normalized spacial score (nSPS) is 21.2. The van der Waals surface area contributed by atoms with Crippen LogP contribution in [0, 0.1) is 44.4 Å². The number of carboxylic acids is 2. The van der Waals surface area contributed by atoms with Crippen LogP contribution in [0.4, 0.5) is 0 Å². The second-order valence-corrected chi connectivity index (χ2v) is 25.4. The highest BCUT2D eigenvalue weighted by molar-refractivity contribution is 6.92. The van der Waals surface area contributed by atoms with E-state index in [1.165, 1.54) is 39.2 Å². The fourth-order valence-electron chi connectivity index (χ4n) is 11.5. The number of amides is 4. The zero-order chi connectivity index (χ0) is 72.0. The van der Waals surface area contributed by atoms with Gasteiger partial charge in [-0.15, -0.1) is 30.6 Å². The van der Waals surface area contributed by atoms with Gasteiger partial charge in [0.25, 0.3) is 5.97 Å². The molecule has 7 aliphatic heterocycles. The van der Waals surface area contributed by atoms with E-state index in [1.807, 2.05) is 69.8 Å². The van der Waals surface area contributed by atoms with Gasteiger partial charge in [0.1, 0.15) is 7.28 Å². The molecule has 3 aromatic heterocycles. The second-order valence-electron chi connectivity index (χ2n) is 25.4. The van der Waals surface area contributed by atoms with Gasteiger partial charge < -0.3 is 63.4 Å². The van der Waals surface area contributed by atoms with Crippen LogP contribution in [0.5, 0.6) is 0 Å². The highest BCUT2D eigenvalue weighted by Gasteiger charge is 2.28. The Balaban J connectivity index is -0.000000167. The summed E-state index contributed by atoms with van der Waals surface area (Å²) in [6.45, 7) is 30.8. The van der Waals surface area contributed by atoms with Gasteiger partial charge >= 0.3 is 5.97 Å². The van der Waals surface area contributed by atoms with Gasteiger partial charge in [0.2, 0.25) is 66.4 Å². The Morgan fingerprint density at radius 1 is 0.500 bits per heavy atom. The lowest BCUT2D eigenvalue weighted by molar-refractivity contribution is -0.143. The molecular formula is C66H149B2N20O11P5. The minimum absolute atomic E-state index is 0. The molecule has 10 heterocycles. The van der Waals surface area contributed by atoms with Crippen molar-refractivity contribution in [3.05, 3.63) is 35.3 Å². The van der Waals surface area contributed by atoms with Crippen LogP contribution < -0.4 is 44.0 Å². The maximum Gasteiger partial charge on any atom is 0.307 e. The molecule has 12 atom stereocenters. The fourth-order valence-corrected chi connectivity index (χ4v) is 11.5. The van der Waals surface area contributed by atoms with Crippen molar-refractivity contribution in [2.45, 2.75) is 192 Å². The SMILES string of the molecule is C.C.C.CC(=O)NNC(=O)C1CCCN(C)C1.CC(=O)O.CCNC(=O)C1CCCN(C)C1.CN1CCCC(C(=O)NN)C1.CN1CCCC(C(=O)O)C1.CNN.C[B]C.C[B]N1CCCC(c2nnc(C)o2)C1.Cc1nnc(C2CCCN(C)C2)o1.Cc1nnc(C2CCCNC2)o1.P.P.P.P.P. The number of hydrazine groups is 3. The Labute approximate surface area is 644 Å². The number of piperidine rings is 7. The van der Waals surface area contributed by atoms with Crippen molar-refractivity contribution in [3.63, 3.8) is 0 Å². The van der Waals surface area contributed by atoms with Crippen LogP contribution in [0.15, 0.2) is 13.3 Å². The summed E-state index contributed by atoms with van der Waals surface area (Å²) in [5.74, 6) is 13.9. The predicted molar refractivity (Wildman–Crippen MR) is 448 cm³/mol. The van der Waals surface area contributed by atoms with Gasteiger partial charge in [0, 0.05) is 92.3 Å². The third kappa shape index (κ3) is 53.8. The third-order valence-corrected chi connectivity index (χ3v) is 16.2. The van der Waals surface area contributed by atoms with Gasteiger partial charge in [0.05, 0.1) is 29.6 Å². The number of carbonyl (C=O) groups is 6. The summed E-state index contributed by atoms with van der Waals surface area (Å²) in [4.78, 5) is 77.2. The Morgan fingerprint density at radius 3 is 1.13 bits per heavy atom. The van der Waals surface area contributed by atoms with E-state index in [-0.39, 0.29) is 119 Å². The first-order valence-electron chi connectivity index (χ1n) is 34.2. The number of nitrogens with zero attached hydrogens (tertiary/aromatic N) is 12. The van der Waals surface area contributed by atoms with Crippen LogP contribution in [0.3, 0.4) is 0 Å². The number of nitrogens with one attached hydrogen (secondary N) is 6. The Kier molecular flexibility index (Phi) is 77.5. The molecule has 4 amide bonds. The van der Waals surface area contributed by atoms with Crippen molar-refractivity contribution >= 4 is 99.8 Å². The number of hydrogen-bond donors (Lipinski definition) is 10. The molecule has 0 bridgehead atoms. The molecule has 3 aromatic rings. The van der Waals surface area contributed by atoms with E-state index >= 15 is 0 Å². The molecule has 38 heteroatoms. The molecule has 10 rings (SSSR count). The lowest BCUT2D eigenvalue weighted by atomic mass is 9.88. The lowest BCUT2D eigenvalue weighted by Gasteiger charge is -2.29. The quantitative estimate of drug-likeness (QED) is 0.0438. The fraction of sp³-hybridized carbons (Fsp3) is 0.818. The lowest BCUT2D eigenvalue weighted by Crippen LogP contribution is -2.47. The third-order valence-electron chi connectivity index (χ3n) is 16.2. The topological polar surface area (TPSA) is 403 Å². The Hall–Kier alpha value is -3.88. The minimum atomic E-state index is -0.833. The van der Waals surface area contributed by atoms with Crippen molar-refractivity contribution in [1.82, 2.24) is 92.2 Å². The van der Waals surface area contributed by atoms with Gasteiger partial charge in [-0.25, -0.2) is 5.84 Å². The molecule has 12 N–H and O–H groups in total.